The van der Waals surface area contributed by atoms with E-state index in [-0.39, 0.29) is 11.7 Å². The fraction of sp³-hybridized carbons (Fsp3) is 0.217. The molecule has 0 aliphatic carbocycles. The van der Waals surface area contributed by atoms with Crippen LogP contribution in [0.15, 0.2) is 54.7 Å². The number of primary amides is 1. The van der Waals surface area contributed by atoms with Gasteiger partial charge in [0.1, 0.15) is 6.04 Å². The number of nitrogens with zero attached hydrogens (tertiary/aromatic N) is 2. The van der Waals surface area contributed by atoms with Crippen LogP contribution in [0.4, 0.5) is 5.69 Å². The molecule has 2 fully saturated rings. The molecule has 2 N–H and O–H groups in total. The van der Waals surface area contributed by atoms with Crippen LogP contribution < -0.4 is 10.6 Å². The van der Waals surface area contributed by atoms with Crippen molar-refractivity contribution in [2.24, 2.45) is 17.6 Å². The number of fused-ring (bicyclic) bond motifs is 5. The lowest BCUT2D eigenvalue weighted by Crippen LogP contribution is -2.46. The Morgan fingerprint density at radius 1 is 0.933 bits per heavy atom. The van der Waals surface area contributed by atoms with Crippen molar-refractivity contribution in [3.8, 4) is 0 Å². The van der Waals surface area contributed by atoms with E-state index in [1.165, 1.54) is 6.92 Å². The SMILES string of the molecule is CC(=O)c1ccc(N2C(=O)[C@@H]3[C@H](C2=O)[C@H]2c4ccccc4C=CN2[C@@H]3C(N)=O)cc1. The zero-order valence-corrected chi connectivity index (χ0v) is 16.2. The van der Waals surface area contributed by atoms with Crippen molar-refractivity contribution in [1.29, 1.82) is 0 Å². The van der Waals surface area contributed by atoms with Crippen LogP contribution >= 0.6 is 0 Å². The van der Waals surface area contributed by atoms with Crippen molar-refractivity contribution in [3.63, 3.8) is 0 Å². The number of rotatable bonds is 3. The third-order valence-corrected chi connectivity index (χ3v) is 6.29. The van der Waals surface area contributed by atoms with Gasteiger partial charge in [-0.25, -0.2) is 4.90 Å². The van der Waals surface area contributed by atoms with Crippen LogP contribution in [0.2, 0.25) is 0 Å². The maximum absolute atomic E-state index is 13.5. The van der Waals surface area contributed by atoms with Gasteiger partial charge in [-0.1, -0.05) is 24.3 Å². The fourth-order valence-corrected chi connectivity index (χ4v) is 4.98. The van der Waals surface area contributed by atoms with E-state index in [1.807, 2.05) is 30.3 Å². The fourth-order valence-electron chi connectivity index (χ4n) is 4.98. The summed E-state index contributed by atoms with van der Waals surface area (Å²) in [6.45, 7) is 1.45. The second-order valence-corrected chi connectivity index (χ2v) is 7.85. The first-order valence-electron chi connectivity index (χ1n) is 9.73. The molecule has 0 radical (unpaired) electrons. The molecule has 2 saturated heterocycles. The van der Waals surface area contributed by atoms with Crippen molar-refractivity contribution in [3.05, 3.63) is 71.4 Å². The Bertz CT molecular complexity index is 1140. The van der Waals surface area contributed by atoms with Crippen molar-refractivity contribution >= 4 is 35.3 Å². The zero-order valence-electron chi connectivity index (χ0n) is 16.2. The molecule has 7 nitrogen and oxygen atoms in total. The van der Waals surface area contributed by atoms with E-state index >= 15 is 0 Å². The van der Waals surface area contributed by atoms with E-state index < -0.39 is 35.7 Å². The molecule has 2 aromatic carbocycles. The van der Waals surface area contributed by atoms with E-state index in [4.69, 9.17) is 5.73 Å². The van der Waals surface area contributed by atoms with Gasteiger partial charge in [-0.3, -0.25) is 19.2 Å². The van der Waals surface area contributed by atoms with Gasteiger partial charge in [0.2, 0.25) is 17.7 Å². The first kappa shape index (κ1) is 18.3. The van der Waals surface area contributed by atoms with E-state index in [0.29, 0.717) is 11.3 Å². The summed E-state index contributed by atoms with van der Waals surface area (Å²) in [5.74, 6) is -3.11. The quantitative estimate of drug-likeness (QED) is 0.625. The Labute approximate surface area is 172 Å². The Morgan fingerprint density at radius 2 is 1.60 bits per heavy atom. The Balaban J connectivity index is 1.60. The number of imide groups is 1. The van der Waals surface area contributed by atoms with Gasteiger partial charge < -0.3 is 10.6 Å². The van der Waals surface area contributed by atoms with Crippen molar-refractivity contribution in [2.75, 3.05) is 4.90 Å². The zero-order chi connectivity index (χ0) is 21.2. The maximum Gasteiger partial charge on any atom is 0.240 e. The summed E-state index contributed by atoms with van der Waals surface area (Å²) in [6, 6.07) is 12.6. The van der Waals surface area contributed by atoms with Crippen LogP contribution in [0, 0.1) is 11.8 Å². The van der Waals surface area contributed by atoms with Gasteiger partial charge in [-0.15, -0.1) is 0 Å². The van der Waals surface area contributed by atoms with Gasteiger partial charge in [0.25, 0.3) is 0 Å². The second kappa shape index (κ2) is 6.38. The summed E-state index contributed by atoms with van der Waals surface area (Å²) in [5, 5.41) is 0. The number of hydrogen-bond donors (Lipinski definition) is 1. The molecule has 0 unspecified atom stereocenters. The van der Waals surface area contributed by atoms with Crippen LogP contribution in [0.1, 0.15) is 34.5 Å². The number of hydrogen-bond acceptors (Lipinski definition) is 5. The van der Waals surface area contributed by atoms with E-state index in [2.05, 4.69) is 0 Å². The average molecular weight is 401 g/mol. The maximum atomic E-state index is 13.5. The number of carbonyl (C=O) groups is 4. The summed E-state index contributed by atoms with van der Waals surface area (Å²) >= 11 is 0. The molecule has 150 valence electrons. The summed E-state index contributed by atoms with van der Waals surface area (Å²) in [6.07, 6.45) is 3.63. The Kier molecular flexibility index (Phi) is 3.89. The molecular weight excluding hydrogens is 382 g/mol. The van der Waals surface area contributed by atoms with Crippen molar-refractivity contribution in [2.45, 2.75) is 19.0 Å². The highest BCUT2D eigenvalue weighted by Gasteiger charge is 2.64. The van der Waals surface area contributed by atoms with Crippen LogP contribution in [0.25, 0.3) is 6.08 Å². The van der Waals surface area contributed by atoms with Gasteiger partial charge in [0, 0.05) is 11.8 Å². The highest BCUT2D eigenvalue weighted by Crippen LogP contribution is 2.52. The molecule has 0 aromatic heterocycles. The van der Waals surface area contributed by atoms with Gasteiger partial charge in [-0.05, 0) is 48.4 Å². The normalized spacial score (nSPS) is 26.4. The monoisotopic (exact) mass is 401 g/mol. The molecule has 2 aromatic rings. The minimum Gasteiger partial charge on any atom is -0.368 e. The number of amides is 3. The molecule has 30 heavy (non-hydrogen) atoms. The predicted octanol–water partition coefficient (Wildman–Crippen LogP) is 1.89. The summed E-state index contributed by atoms with van der Waals surface area (Å²) in [4.78, 5) is 53.6. The first-order chi connectivity index (χ1) is 14.4. The van der Waals surface area contributed by atoms with Crippen LogP contribution in [-0.4, -0.2) is 34.4 Å². The van der Waals surface area contributed by atoms with E-state index in [0.717, 1.165) is 16.0 Å². The lowest BCUT2D eigenvalue weighted by Gasteiger charge is -2.34. The summed E-state index contributed by atoms with van der Waals surface area (Å²) in [7, 11) is 0. The molecule has 0 spiro atoms. The molecule has 7 heteroatoms. The molecule has 3 aliphatic rings. The number of anilines is 1. The van der Waals surface area contributed by atoms with Crippen molar-refractivity contribution in [1.82, 2.24) is 4.90 Å². The van der Waals surface area contributed by atoms with Crippen LogP contribution in [-0.2, 0) is 14.4 Å². The molecule has 4 atom stereocenters. The highest BCUT2D eigenvalue weighted by molar-refractivity contribution is 6.24. The Morgan fingerprint density at radius 3 is 2.27 bits per heavy atom. The lowest BCUT2D eigenvalue weighted by atomic mass is 9.84. The highest BCUT2D eigenvalue weighted by atomic mass is 16.2. The number of ketones is 1. The molecule has 5 rings (SSSR count). The van der Waals surface area contributed by atoms with E-state index in [9.17, 15) is 19.2 Å². The van der Waals surface area contributed by atoms with Gasteiger partial charge in [0.15, 0.2) is 5.78 Å². The molecular formula is C23H19N3O4. The summed E-state index contributed by atoms with van der Waals surface area (Å²) < 4.78 is 0. The van der Waals surface area contributed by atoms with Gasteiger partial charge in [0.05, 0.1) is 23.6 Å². The predicted molar refractivity (Wildman–Crippen MR) is 109 cm³/mol. The van der Waals surface area contributed by atoms with Crippen LogP contribution in [0.5, 0.6) is 0 Å². The smallest absolute Gasteiger partial charge is 0.240 e. The van der Waals surface area contributed by atoms with Crippen LogP contribution in [0.3, 0.4) is 0 Å². The lowest BCUT2D eigenvalue weighted by molar-refractivity contribution is -0.129. The number of Topliss-reactive ketones (excluding diaryl/α,β-unsaturated/α-hetero) is 1. The standard InChI is InChI=1S/C23H19N3O4/c1-12(27)13-6-8-15(9-7-13)26-22(29)17-18(23(26)30)20(21(24)28)25-11-10-14-4-2-3-5-16(14)19(17)25/h2-11,17-20H,1H3,(H2,24,28)/t17-,18+,19+,20-/m0/s1. The molecule has 3 heterocycles. The first-order valence-corrected chi connectivity index (χ1v) is 9.73. The average Bonchev–Trinajstić information content (AvgIpc) is 3.21. The number of nitrogens with two attached hydrogens (primary N) is 1. The third kappa shape index (κ3) is 2.38. The largest absolute Gasteiger partial charge is 0.368 e. The third-order valence-electron chi connectivity index (χ3n) is 6.29. The Hall–Kier alpha value is -3.74. The van der Waals surface area contributed by atoms with E-state index in [1.54, 1.807) is 35.4 Å². The van der Waals surface area contributed by atoms with Gasteiger partial charge in [-0.2, -0.15) is 0 Å². The number of carbonyl (C=O) groups excluding carboxylic acids is 4. The molecule has 3 aliphatic heterocycles. The second-order valence-electron chi connectivity index (χ2n) is 7.85. The number of benzene rings is 2. The minimum absolute atomic E-state index is 0.104. The summed E-state index contributed by atoms with van der Waals surface area (Å²) in [5.41, 5.74) is 8.42. The minimum atomic E-state index is -0.900. The molecule has 0 saturated carbocycles. The molecule has 0 bridgehead atoms. The van der Waals surface area contributed by atoms with Crippen molar-refractivity contribution < 1.29 is 19.2 Å². The topological polar surface area (TPSA) is 101 Å². The molecule has 3 amide bonds. The van der Waals surface area contributed by atoms with Gasteiger partial charge >= 0.3 is 0 Å².